The molecule has 1 amide bonds. The topological polar surface area (TPSA) is 65.7 Å². The van der Waals surface area contributed by atoms with Crippen LogP contribution in [-0.4, -0.2) is 41.6 Å². The first-order valence-electron chi connectivity index (χ1n) is 7.15. The van der Waals surface area contributed by atoms with Gasteiger partial charge in [-0.05, 0) is 52.4 Å². The number of carbonyl (C=O) groups excluding carboxylic acids is 1. The van der Waals surface area contributed by atoms with Crippen LogP contribution in [-0.2, 0) is 4.79 Å². The summed E-state index contributed by atoms with van der Waals surface area (Å²) in [5.41, 5.74) is -0.357. The van der Waals surface area contributed by atoms with E-state index >= 15 is 0 Å². The minimum atomic E-state index is -0.683. The molecule has 20 heavy (non-hydrogen) atoms. The molecule has 1 aliphatic carbocycles. The molecule has 0 bridgehead atoms. The normalized spacial score (nSPS) is 20.2. The zero-order chi connectivity index (χ0) is 14.8. The first-order chi connectivity index (χ1) is 9.45. The summed E-state index contributed by atoms with van der Waals surface area (Å²) in [4.78, 5) is 14.4. The lowest BCUT2D eigenvalue weighted by molar-refractivity contribution is -0.138. The number of carbonyl (C=O) groups is 1. The summed E-state index contributed by atoms with van der Waals surface area (Å²) in [5.74, 6) is 0.602. The highest BCUT2D eigenvalue weighted by atomic mass is 16.4. The maximum Gasteiger partial charge on any atom is 0.240 e. The highest BCUT2D eigenvalue weighted by Crippen LogP contribution is 2.36. The van der Waals surface area contributed by atoms with E-state index in [1.54, 1.807) is 12.1 Å². The smallest absolute Gasteiger partial charge is 0.240 e. The molecule has 1 aromatic rings. The van der Waals surface area contributed by atoms with Gasteiger partial charge in [0.1, 0.15) is 11.9 Å². The van der Waals surface area contributed by atoms with E-state index in [1.165, 1.54) is 6.26 Å². The van der Waals surface area contributed by atoms with Crippen molar-refractivity contribution in [3.8, 4) is 0 Å². The van der Waals surface area contributed by atoms with Gasteiger partial charge in [0.05, 0.1) is 11.8 Å². The van der Waals surface area contributed by atoms with Gasteiger partial charge in [0.2, 0.25) is 5.91 Å². The molecule has 1 saturated carbocycles. The monoisotopic (exact) mass is 280 g/mol. The van der Waals surface area contributed by atoms with E-state index in [4.69, 9.17) is 4.42 Å². The van der Waals surface area contributed by atoms with Crippen molar-refractivity contribution in [3.05, 3.63) is 24.2 Å². The number of rotatable bonds is 6. The molecular formula is C15H24N2O3. The van der Waals surface area contributed by atoms with E-state index < -0.39 is 6.10 Å². The number of hydrogen-bond donors (Lipinski definition) is 2. The molecule has 1 aliphatic rings. The number of furan rings is 1. The maximum atomic E-state index is 12.4. The molecule has 0 spiro atoms. The Hall–Kier alpha value is -1.33. The number of aliphatic hydroxyl groups is 1. The molecule has 1 aromatic heterocycles. The van der Waals surface area contributed by atoms with Crippen molar-refractivity contribution >= 4 is 5.91 Å². The Kier molecular flexibility index (Phi) is 4.50. The van der Waals surface area contributed by atoms with Crippen LogP contribution in [0.2, 0.25) is 0 Å². The lowest BCUT2D eigenvalue weighted by Gasteiger charge is -2.46. The van der Waals surface area contributed by atoms with E-state index in [0.717, 1.165) is 19.3 Å². The molecule has 5 heteroatoms. The van der Waals surface area contributed by atoms with Crippen LogP contribution in [0.4, 0.5) is 0 Å². The first kappa shape index (κ1) is 15.1. The number of likely N-dealkylation sites (N-methyl/N-ethyl adjacent to an activating group) is 1. The highest BCUT2D eigenvalue weighted by molar-refractivity contribution is 5.87. The number of aliphatic hydroxyl groups excluding tert-OH is 1. The Bertz CT molecular complexity index is 438. The summed E-state index contributed by atoms with van der Waals surface area (Å²) in [6, 6.07) is 3.39. The summed E-state index contributed by atoms with van der Waals surface area (Å²) >= 11 is 0. The summed E-state index contributed by atoms with van der Waals surface area (Å²) in [5, 5.41) is 13.0. The number of nitrogens with one attached hydrogen (secondary N) is 1. The second-order valence-electron chi connectivity index (χ2n) is 5.92. The predicted molar refractivity (Wildman–Crippen MR) is 76.2 cm³/mol. The average Bonchev–Trinajstić information content (AvgIpc) is 2.79. The van der Waals surface area contributed by atoms with Crippen LogP contribution in [0.5, 0.6) is 0 Å². The molecule has 0 aliphatic heterocycles. The van der Waals surface area contributed by atoms with Gasteiger partial charge in [0, 0.05) is 12.5 Å². The van der Waals surface area contributed by atoms with Crippen LogP contribution in [0.25, 0.3) is 0 Å². The van der Waals surface area contributed by atoms with E-state index in [-0.39, 0.29) is 17.5 Å². The van der Waals surface area contributed by atoms with Crippen LogP contribution in [0.1, 0.15) is 44.5 Å². The van der Waals surface area contributed by atoms with Crippen molar-refractivity contribution in [1.29, 1.82) is 0 Å². The lowest BCUT2D eigenvalue weighted by Crippen LogP contribution is -2.61. The van der Waals surface area contributed by atoms with Crippen LogP contribution in [0.3, 0.4) is 0 Å². The standard InChI is InChI=1S/C15H24N2O3/c1-11(10-12(18)13-6-4-9-20-13)16-14(19)15(17(2)3)7-5-8-15/h4,6,9,11-12,18H,5,7-8,10H2,1-3H3,(H,16,19). The minimum Gasteiger partial charge on any atom is -0.467 e. The molecule has 2 N–H and O–H groups in total. The molecule has 1 fully saturated rings. The van der Waals surface area contributed by atoms with Crippen molar-refractivity contribution in [2.75, 3.05) is 14.1 Å². The van der Waals surface area contributed by atoms with Crippen molar-refractivity contribution in [1.82, 2.24) is 10.2 Å². The molecular weight excluding hydrogens is 256 g/mol. The number of hydrogen-bond acceptors (Lipinski definition) is 4. The molecule has 2 unspecified atom stereocenters. The molecule has 2 atom stereocenters. The average molecular weight is 280 g/mol. The third kappa shape index (κ3) is 2.88. The second-order valence-corrected chi connectivity index (χ2v) is 5.92. The van der Waals surface area contributed by atoms with E-state index in [0.29, 0.717) is 12.2 Å². The Morgan fingerprint density at radius 2 is 2.25 bits per heavy atom. The summed E-state index contributed by atoms with van der Waals surface area (Å²) in [6.07, 6.45) is 4.20. The zero-order valence-electron chi connectivity index (χ0n) is 12.4. The molecule has 2 rings (SSSR count). The van der Waals surface area contributed by atoms with Crippen LogP contribution in [0, 0.1) is 0 Å². The molecule has 5 nitrogen and oxygen atoms in total. The second kappa shape index (κ2) is 5.97. The Morgan fingerprint density at radius 3 is 2.70 bits per heavy atom. The van der Waals surface area contributed by atoms with Gasteiger partial charge in [0.15, 0.2) is 0 Å². The first-order valence-corrected chi connectivity index (χ1v) is 7.15. The van der Waals surface area contributed by atoms with Crippen molar-refractivity contribution < 1.29 is 14.3 Å². The van der Waals surface area contributed by atoms with Gasteiger partial charge < -0.3 is 14.8 Å². The molecule has 0 saturated heterocycles. The fourth-order valence-electron chi connectivity index (χ4n) is 2.74. The summed E-state index contributed by atoms with van der Waals surface area (Å²) < 4.78 is 5.17. The van der Waals surface area contributed by atoms with Crippen LogP contribution < -0.4 is 5.32 Å². The Balaban J connectivity index is 1.88. The van der Waals surface area contributed by atoms with Crippen molar-refractivity contribution in [3.63, 3.8) is 0 Å². The summed E-state index contributed by atoms with van der Waals surface area (Å²) in [7, 11) is 3.89. The van der Waals surface area contributed by atoms with E-state index in [1.807, 2.05) is 25.9 Å². The van der Waals surface area contributed by atoms with Gasteiger partial charge in [-0.25, -0.2) is 0 Å². The molecule has 0 aromatic carbocycles. The number of amides is 1. The van der Waals surface area contributed by atoms with Gasteiger partial charge in [-0.2, -0.15) is 0 Å². The summed E-state index contributed by atoms with van der Waals surface area (Å²) in [6.45, 7) is 1.91. The molecule has 112 valence electrons. The van der Waals surface area contributed by atoms with Crippen LogP contribution >= 0.6 is 0 Å². The Labute approximate surface area is 119 Å². The SMILES string of the molecule is CC(CC(O)c1ccco1)NC(=O)C1(N(C)C)CCC1. The quantitative estimate of drug-likeness (QED) is 0.832. The third-order valence-corrected chi connectivity index (χ3v) is 4.29. The molecule has 1 heterocycles. The van der Waals surface area contributed by atoms with E-state index in [9.17, 15) is 9.90 Å². The third-order valence-electron chi connectivity index (χ3n) is 4.29. The van der Waals surface area contributed by atoms with Gasteiger partial charge in [-0.1, -0.05) is 0 Å². The zero-order valence-corrected chi connectivity index (χ0v) is 12.4. The Morgan fingerprint density at radius 1 is 1.55 bits per heavy atom. The van der Waals surface area contributed by atoms with Crippen molar-refractivity contribution in [2.24, 2.45) is 0 Å². The van der Waals surface area contributed by atoms with Gasteiger partial charge >= 0.3 is 0 Å². The van der Waals surface area contributed by atoms with Gasteiger partial charge in [-0.15, -0.1) is 0 Å². The molecule has 0 radical (unpaired) electrons. The maximum absolute atomic E-state index is 12.4. The van der Waals surface area contributed by atoms with Gasteiger partial charge in [-0.3, -0.25) is 9.69 Å². The highest BCUT2D eigenvalue weighted by Gasteiger charge is 2.46. The fraction of sp³-hybridized carbons (Fsp3) is 0.667. The van der Waals surface area contributed by atoms with Crippen LogP contribution in [0.15, 0.2) is 22.8 Å². The number of nitrogens with zero attached hydrogens (tertiary/aromatic N) is 1. The van der Waals surface area contributed by atoms with E-state index in [2.05, 4.69) is 5.32 Å². The fourth-order valence-corrected chi connectivity index (χ4v) is 2.74. The minimum absolute atomic E-state index is 0.0629. The van der Waals surface area contributed by atoms with Crippen molar-refractivity contribution in [2.45, 2.75) is 50.3 Å². The lowest BCUT2D eigenvalue weighted by atomic mass is 9.75. The predicted octanol–water partition coefficient (Wildman–Crippen LogP) is 1.69. The van der Waals surface area contributed by atoms with Gasteiger partial charge in [0.25, 0.3) is 0 Å². The largest absolute Gasteiger partial charge is 0.467 e.